The average Bonchev–Trinajstić information content (AvgIpc) is 2.62. The largest absolute Gasteiger partial charge is 0.307 e. The number of ketones is 1. The summed E-state index contributed by atoms with van der Waals surface area (Å²) in [6, 6.07) is 0.237. The van der Waals surface area contributed by atoms with Crippen LogP contribution in [0, 0.1) is 23.2 Å². The first kappa shape index (κ1) is 9.64. The Kier molecular flexibility index (Phi) is 1.86. The van der Waals surface area contributed by atoms with Crippen LogP contribution in [0.4, 0.5) is 0 Å². The second-order valence-electron chi connectivity index (χ2n) is 6.88. The molecule has 0 aromatic heterocycles. The Bertz CT molecular complexity index is 300. The standard InChI is InChI=1S/C14H21NO/c16-12-1-2-15-13(12)14-6-9-3-10(7-14)5-11(4-9)8-14/h9-11,13,15H,1-8H2. The van der Waals surface area contributed by atoms with Crippen LogP contribution < -0.4 is 5.32 Å². The summed E-state index contributed by atoms with van der Waals surface area (Å²) in [6.07, 6.45) is 9.25. The molecule has 4 saturated carbocycles. The van der Waals surface area contributed by atoms with E-state index in [2.05, 4.69) is 5.32 Å². The molecule has 0 aromatic carbocycles. The van der Waals surface area contributed by atoms with E-state index in [1.165, 1.54) is 38.5 Å². The highest BCUT2D eigenvalue weighted by molar-refractivity contribution is 5.87. The molecule has 0 amide bonds. The highest BCUT2D eigenvalue weighted by atomic mass is 16.1. The highest BCUT2D eigenvalue weighted by Crippen LogP contribution is 2.61. The molecule has 5 fully saturated rings. The highest BCUT2D eigenvalue weighted by Gasteiger charge is 2.56. The van der Waals surface area contributed by atoms with Crippen LogP contribution in [0.1, 0.15) is 44.9 Å². The third-order valence-corrected chi connectivity index (χ3v) is 5.74. The lowest BCUT2D eigenvalue weighted by Gasteiger charge is -2.58. The number of hydrogen-bond acceptors (Lipinski definition) is 2. The lowest BCUT2D eigenvalue weighted by Crippen LogP contribution is -2.56. The zero-order valence-electron chi connectivity index (χ0n) is 9.87. The van der Waals surface area contributed by atoms with Gasteiger partial charge in [-0.05, 0) is 61.7 Å². The van der Waals surface area contributed by atoms with E-state index in [0.29, 0.717) is 11.2 Å². The molecule has 2 nitrogen and oxygen atoms in total. The minimum atomic E-state index is 0.237. The zero-order chi connectivity index (χ0) is 10.8. The fourth-order valence-electron chi connectivity index (χ4n) is 5.69. The van der Waals surface area contributed by atoms with E-state index in [1.54, 1.807) is 0 Å². The number of hydrogen-bond donors (Lipinski definition) is 1. The third-order valence-electron chi connectivity index (χ3n) is 5.74. The van der Waals surface area contributed by atoms with Crippen molar-refractivity contribution in [1.82, 2.24) is 5.32 Å². The molecule has 5 rings (SSSR count). The van der Waals surface area contributed by atoms with Gasteiger partial charge in [0.25, 0.3) is 0 Å². The van der Waals surface area contributed by atoms with Gasteiger partial charge in [0.1, 0.15) is 0 Å². The first-order valence-corrected chi connectivity index (χ1v) is 7.01. The Morgan fingerprint density at radius 3 is 2.00 bits per heavy atom. The summed E-state index contributed by atoms with van der Waals surface area (Å²) in [5.41, 5.74) is 0.391. The molecule has 0 aromatic rings. The summed E-state index contributed by atoms with van der Waals surface area (Å²) in [6.45, 7) is 0.936. The minimum Gasteiger partial charge on any atom is -0.307 e. The zero-order valence-corrected chi connectivity index (χ0v) is 9.87. The molecule has 1 aliphatic heterocycles. The Balaban J connectivity index is 1.68. The molecule has 4 aliphatic carbocycles. The minimum absolute atomic E-state index is 0.237. The van der Waals surface area contributed by atoms with Crippen molar-refractivity contribution < 1.29 is 4.79 Å². The summed E-state index contributed by atoms with van der Waals surface area (Å²) in [5.74, 6) is 3.39. The van der Waals surface area contributed by atoms with E-state index >= 15 is 0 Å². The van der Waals surface area contributed by atoms with Gasteiger partial charge in [-0.3, -0.25) is 4.79 Å². The van der Waals surface area contributed by atoms with Crippen molar-refractivity contribution in [2.45, 2.75) is 51.0 Å². The van der Waals surface area contributed by atoms with E-state index in [0.717, 1.165) is 30.7 Å². The van der Waals surface area contributed by atoms with Crippen LogP contribution in [0.3, 0.4) is 0 Å². The maximum absolute atomic E-state index is 12.0. The summed E-state index contributed by atoms with van der Waals surface area (Å²) in [5, 5.41) is 3.51. The maximum atomic E-state index is 12.0. The van der Waals surface area contributed by atoms with Gasteiger partial charge in [0.2, 0.25) is 0 Å². The van der Waals surface area contributed by atoms with Gasteiger partial charge in [-0.15, -0.1) is 0 Å². The number of carbonyl (C=O) groups excluding carboxylic acids is 1. The molecule has 16 heavy (non-hydrogen) atoms. The smallest absolute Gasteiger partial charge is 0.151 e. The predicted octanol–water partition coefficient (Wildman–Crippen LogP) is 2.13. The van der Waals surface area contributed by atoms with Gasteiger partial charge in [0.15, 0.2) is 5.78 Å². The SMILES string of the molecule is O=C1CCNC1C12CC3CC(CC(C3)C1)C2. The van der Waals surface area contributed by atoms with Gasteiger partial charge in [0, 0.05) is 13.0 Å². The Morgan fingerprint density at radius 2 is 1.56 bits per heavy atom. The van der Waals surface area contributed by atoms with E-state index < -0.39 is 0 Å². The summed E-state index contributed by atoms with van der Waals surface area (Å²) in [7, 11) is 0. The van der Waals surface area contributed by atoms with Gasteiger partial charge in [-0.25, -0.2) is 0 Å². The van der Waals surface area contributed by atoms with Crippen LogP contribution in [0.5, 0.6) is 0 Å². The molecule has 1 saturated heterocycles. The van der Waals surface area contributed by atoms with Crippen molar-refractivity contribution in [3.8, 4) is 0 Å². The summed E-state index contributed by atoms with van der Waals surface area (Å²) < 4.78 is 0. The quantitative estimate of drug-likeness (QED) is 0.732. The predicted molar refractivity (Wildman–Crippen MR) is 62.0 cm³/mol. The monoisotopic (exact) mass is 219 g/mol. The molecule has 1 atom stereocenters. The number of Topliss-reactive ketones (excluding diaryl/α,β-unsaturated/α-hetero) is 1. The van der Waals surface area contributed by atoms with Crippen LogP contribution in [0.2, 0.25) is 0 Å². The lowest BCUT2D eigenvalue weighted by atomic mass is 9.47. The maximum Gasteiger partial charge on any atom is 0.151 e. The number of carbonyl (C=O) groups is 1. The fraction of sp³-hybridized carbons (Fsp3) is 0.929. The molecule has 1 unspecified atom stereocenters. The van der Waals surface area contributed by atoms with E-state index in [-0.39, 0.29) is 6.04 Å². The Morgan fingerprint density at radius 1 is 1.00 bits per heavy atom. The van der Waals surface area contributed by atoms with Crippen molar-refractivity contribution in [1.29, 1.82) is 0 Å². The second-order valence-corrected chi connectivity index (χ2v) is 6.88. The first-order valence-electron chi connectivity index (χ1n) is 7.01. The summed E-state index contributed by atoms with van der Waals surface area (Å²) >= 11 is 0. The normalized spacial score (nSPS) is 54.9. The number of rotatable bonds is 1. The fourth-order valence-corrected chi connectivity index (χ4v) is 5.69. The second kappa shape index (κ2) is 3.10. The Labute approximate surface area is 97.2 Å². The van der Waals surface area contributed by atoms with Crippen LogP contribution in [-0.2, 0) is 4.79 Å². The van der Waals surface area contributed by atoms with Crippen LogP contribution >= 0.6 is 0 Å². The summed E-state index contributed by atoms with van der Waals surface area (Å²) in [4.78, 5) is 12.0. The van der Waals surface area contributed by atoms with Crippen molar-refractivity contribution in [2.24, 2.45) is 23.2 Å². The van der Waals surface area contributed by atoms with Crippen LogP contribution in [0.25, 0.3) is 0 Å². The van der Waals surface area contributed by atoms with E-state index in [4.69, 9.17) is 0 Å². The van der Waals surface area contributed by atoms with Crippen LogP contribution in [0.15, 0.2) is 0 Å². The topological polar surface area (TPSA) is 29.1 Å². The molecular formula is C14H21NO. The van der Waals surface area contributed by atoms with Gasteiger partial charge in [-0.1, -0.05) is 0 Å². The molecule has 1 N–H and O–H groups in total. The van der Waals surface area contributed by atoms with Crippen LogP contribution in [-0.4, -0.2) is 18.4 Å². The number of nitrogens with one attached hydrogen (secondary N) is 1. The molecule has 1 heterocycles. The van der Waals surface area contributed by atoms with Gasteiger partial charge in [-0.2, -0.15) is 0 Å². The molecule has 0 spiro atoms. The van der Waals surface area contributed by atoms with Gasteiger partial charge >= 0.3 is 0 Å². The Hall–Kier alpha value is -0.370. The third kappa shape index (κ3) is 1.20. The lowest BCUT2D eigenvalue weighted by molar-refractivity contribution is -0.129. The average molecular weight is 219 g/mol. The van der Waals surface area contributed by atoms with Gasteiger partial charge in [0.05, 0.1) is 6.04 Å². The van der Waals surface area contributed by atoms with Crippen molar-refractivity contribution in [3.05, 3.63) is 0 Å². The first-order chi connectivity index (χ1) is 7.75. The molecule has 0 radical (unpaired) electrons. The van der Waals surface area contributed by atoms with Crippen molar-refractivity contribution in [2.75, 3.05) is 6.54 Å². The van der Waals surface area contributed by atoms with Crippen molar-refractivity contribution >= 4 is 5.78 Å². The molecule has 5 aliphatic rings. The van der Waals surface area contributed by atoms with Crippen molar-refractivity contribution in [3.63, 3.8) is 0 Å². The molecule has 2 heteroatoms. The van der Waals surface area contributed by atoms with E-state index in [1.807, 2.05) is 0 Å². The molecular weight excluding hydrogens is 198 g/mol. The van der Waals surface area contributed by atoms with Gasteiger partial charge < -0.3 is 5.32 Å². The molecule has 88 valence electrons. The molecule has 4 bridgehead atoms. The van der Waals surface area contributed by atoms with E-state index in [9.17, 15) is 4.79 Å².